The second-order valence-corrected chi connectivity index (χ2v) is 3.98. The molecule has 1 aliphatic rings. The van der Waals surface area contributed by atoms with E-state index in [1.54, 1.807) is 11.8 Å². The van der Waals surface area contributed by atoms with Crippen LogP contribution in [-0.4, -0.2) is 29.4 Å². The van der Waals surface area contributed by atoms with E-state index in [1.165, 1.54) is 0 Å². The smallest absolute Gasteiger partial charge is 0.336 e. The van der Waals surface area contributed by atoms with Gasteiger partial charge in [-0.2, -0.15) is 0 Å². The highest BCUT2D eigenvalue weighted by molar-refractivity contribution is 6.00. The van der Waals surface area contributed by atoms with Crippen LogP contribution < -0.4 is 0 Å². The molecule has 0 saturated carbocycles. The summed E-state index contributed by atoms with van der Waals surface area (Å²) in [6.45, 7) is 7.91. The lowest BCUT2D eigenvalue weighted by Gasteiger charge is -2.24. The van der Waals surface area contributed by atoms with Crippen LogP contribution in [0.4, 0.5) is 0 Å². The van der Waals surface area contributed by atoms with Crippen LogP contribution in [0.25, 0.3) is 0 Å². The van der Waals surface area contributed by atoms with Crippen LogP contribution in [0, 0.1) is 0 Å². The van der Waals surface area contributed by atoms with Gasteiger partial charge < -0.3 is 9.64 Å². The van der Waals surface area contributed by atoms with Crippen LogP contribution in [0.15, 0.2) is 11.3 Å². The van der Waals surface area contributed by atoms with E-state index < -0.39 is 0 Å². The Bertz CT molecular complexity index is 333. The summed E-state index contributed by atoms with van der Waals surface area (Å²) in [5, 5.41) is 0. The highest BCUT2D eigenvalue weighted by atomic mass is 16.5. The van der Waals surface area contributed by atoms with Gasteiger partial charge in [0.2, 0.25) is 5.91 Å². The number of amides is 1. The number of carbonyl (C=O) groups is 2. The molecule has 1 rings (SSSR count). The van der Waals surface area contributed by atoms with E-state index in [1.807, 2.05) is 20.8 Å². The Labute approximate surface area is 96.3 Å². The van der Waals surface area contributed by atoms with Crippen molar-refractivity contribution in [3.63, 3.8) is 0 Å². The van der Waals surface area contributed by atoms with E-state index in [-0.39, 0.29) is 24.3 Å². The first-order chi connectivity index (χ1) is 7.52. The zero-order valence-electron chi connectivity index (χ0n) is 10.4. The average Bonchev–Trinajstić information content (AvgIpc) is 2.54. The maximum atomic E-state index is 11.8. The molecule has 1 heterocycles. The molecule has 0 radical (unpaired) electrons. The monoisotopic (exact) mass is 225 g/mol. The van der Waals surface area contributed by atoms with Crippen LogP contribution >= 0.6 is 0 Å². The Balaban J connectivity index is 2.91. The van der Waals surface area contributed by atoms with Crippen molar-refractivity contribution in [3.05, 3.63) is 11.3 Å². The minimum absolute atomic E-state index is 0.00472. The van der Waals surface area contributed by atoms with E-state index in [0.717, 1.165) is 12.1 Å². The largest absolute Gasteiger partial charge is 0.463 e. The van der Waals surface area contributed by atoms with Gasteiger partial charge in [-0.05, 0) is 27.2 Å². The van der Waals surface area contributed by atoms with Crippen LogP contribution in [0.2, 0.25) is 0 Å². The Morgan fingerprint density at radius 3 is 2.62 bits per heavy atom. The van der Waals surface area contributed by atoms with Crippen LogP contribution in [0.1, 0.15) is 40.5 Å². The molecule has 0 spiro atoms. The molecule has 0 aromatic carbocycles. The third-order valence-electron chi connectivity index (χ3n) is 2.95. The molecule has 0 saturated heterocycles. The molecule has 1 atom stereocenters. The minimum Gasteiger partial charge on any atom is -0.463 e. The minimum atomic E-state index is -0.362. The first-order valence-electron chi connectivity index (χ1n) is 5.71. The number of ether oxygens (including phenoxy) is 1. The lowest BCUT2D eigenvalue weighted by Crippen LogP contribution is -2.32. The summed E-state index contributed by atoms with van der Waals surface area (Å²) in [6.07, 6.45) is 1.05. The summed E-state index contributed by atoms with van der Waals surface area (Å²) >= 11 is 0. The van der Waals surface area contributed by atoms with Gasteiger partial charge in [-0.25, -0.2) is 4.79 Å². The average molecular weight is 225 g/mol. The summed E-state index contributed by atoms with van der Waals surface area (Å²) in [5.74, 6) is -0.367. The molecule has 0 aromatic heterocycles. The molecule has 1 amide bonds. The maximum Gasteiger partial charge on any atom is 0.336 e. The summed E-state index contributed by atoms with van der Waals surface area (Å²) in [6, 6.07) is 0.138. The number of esters is 1. The third-order valence-corrected chi connectivity index (χ3v) is 2.95. The molecule has 4 nitrogen and oxygen atoms in total. The highest BCUT2D eigenvalue weighted by Gasteiger charge is 2.33. The van der Waals surface area contributed by atoms with Crippen molar-refractivity contribution >= 4 is 11.9 Å². The molecule has 16 heavy (non-hydrogen) atoms. The topological polar surface area (TPSA) is 46.6 Å². The van der Waals surface area contributed by atoms with Gasteiger partial charge >= 0.3 is 5.97 Å². The zero-order valence-corrected chi connectivity index (χ0v) is 10.4. The predicted molar refractivity (Wildman–Crippen MR) is 60.5 cm³/mol. The van der Waals surface area contributed by atoms with Crippen molar-refractivity contribution in [2.24, 2.45) is 0 Å². The van der Waals surface area contributed by atoms with E-state index in [9.17, 15) is 9.59 Å². The van der Waals surface area contributed by atoms with Gasteiger partial charge in [-0.3, -0.25) is 4.79 Å². The predicted octanol–water partition coefficient (Wildman–Crippen LogP) is 1.85. The summed E-state index contributed by atoms with van der Waals surface area (Å²) in [7, 11) is 0. The lowest BCUT2D eigenvalue weighted by atomic mass is 10.2. The summed E-state index contributed by atoms with van der Waals surface area (Å²) in [4.78, 5) is 25.1. The van der Waals surface area contributed by atoms with Crippen molar-refractivity contribution < 1.29 is 14.3 Å². The van der Waals surface area contributed by atoms with E-state index in [2.05, 4.69) is 0 Å². The van der Waals surface area contributed by atoms with Crippen molar-refractivity contribution in [1.29, 1.82) is 0 Å². The molecule has 0 unspecified atom stereocenters. The SMILES string of the molecule is CCOC(=O)C1=C(C)N([C@@H](C)CC)C(=O)C1. The maximum absolute atomic E-state index is 11.8. The van der Waals surface area contributed by atoms with Crippen LogP contribution in [-0.2, 0) is 14.3 Å². The van der Waals surface area contributed by atoms with E-state index >= 15 is 0 Å². The number of nitrogens with zero attached hydrogens (tertiary/aromatic N) is 1. The van der Waals surface area contributed by atoms with Crippen molar-refractivity contribution in [2.75, 3.05) is 6.61 Å². The molecule has 0 bridgehead atoms. The molecule has 90 valence electrons. The second kappa shape index (κ2) is 5.14. The molecule has 0 aliphatic carbocycles. The molecule has 1 aliphatic heterocycles. The van der Waals surface area contributed by atoms with Crippen molar-refractivity contribution in [1.82, 2.24) is 4.90 Å². The Morgan fingerprint density at radius 2 is 2.12 bits per heavy atom. The fourth-order valence-corrected chi connectivity index (χ4v) is 1.89. The first kappa shape index (κ1) is 12.7. The molecular weight excluding hydrogens is 206 g/mol. The number of carbonyl (C=O) groups excluding carboxylic acids is 2. The standard InChI is InChI=1S/C12H19NO3/c1-5-8(3)13-9(4)10(7-11(13)14)12(15)16-6-2/h8H,5-7H2,1-4H3/t8-/m0/s1. The van der Waals surface area contributed by atoms with Crippen molar-refractivity contribution in [2.45, 2.75) is 46.6 Å². The van der Waals surface area contributed by atoms with Crippen LogP contribution in [0.3, 0.4) is 0 Å². The second-order valence-electron chi connectivity index (χ2n) is 3.98. The van der Waals surface area contributed by atoms with E-state index in [0.29, 0.717) is 12.2 Å². The number of rotatable bonds is 4. The van der Waals surface area contributed by atoms with Gasteiger partial charge in [-0.1, -0.05) is 6.92 Å². The van der Waals surface area contributed by atoms with Gasteiger partial charge in [0, 0.05) is 11.7 Å². The fraction of sp³-hybridized carbons (Fsp3) is 0.667. The molecule has 4 heteroatoms. The normalized spacial score (nSPS) is 18.0. The van der Waals surface area contributed by atoms with Gasteiger partial charge in [0.15, 0.2) is 0 Å². The molecule has 0 N–H and O–H groups in total. The Morgan fingerprint density at radius 1 is 1.50 bits per heavy atom. The number of hydrogen-bond donors (Lipinski definition) is 0. The quantitative estimate of drug-likeness (QED) is 0.686. The van der Waals surface area contributed by atoms with Crippen LogP contribution in [0.5, 0.6) is 0 Å². The number of hydrogen-bond acceptors (Lipinski definition) is 3. The van der Waals surface area contributed by atoms with Gasteiger partial charge in [-0.15, -0.1) is 0 Å². The Kier molecular flexibility index (Phi) is 4.10. The number of allylic oxidation sites excluding steroid dienone is 1. The van der Waals surface area contributed by atoms with Crippen molar-refractivity contribution in [3.8, 4) is 0 Å². The summed E-state index contributed by atoms with van der Waals surface area (Å²) in [5.41, 5.74) is 1.25. The molecule has 0 fully saturated rings. The van der Waals surface area contributed by atoms with Gasteiger partial charge in [0.25, 0.3) is 0 Å². The Hall–Kier alpha value is -1.32. The first-order valence-corrected chi connectivity index (χ1v) is 5.71. The third kappa shape index (κ3) is 2.26. The summed E-state index contributed by atoms with van der Waals surface area (Å²) < 4.78 is 4.93. The highest BCUT2D eigenvalue weighted by Crippen LogP contribution is 2.27. The molecular formula is C12H19NO3. The van der Waals surface area contributed by atoms with E-state index in [4.69, 9.17) is 4.74 Å². The zero-order chi connectivity index (χ0) is 12.3. The molecule has 0 aromatic rings. The van der Waals surface area contributed by atoms with Gasteiger partial charge in [0.1, 0.15) is 0 Å². The fourth-order valence-electron chi connectivity index (χ4n) is 1.89. The lowest BCUT2D eigenvalue weighted by molar-refractivity contribution is -0.139. The van der Waals surface area contributed by atoms with Gasteiger partial charge in [0.05, 0.1) is 18.6 Å².